The molecule has 2 fully saturated rings. The van der Waals surface area contributed by atoms with Crippen LogP contribution in [0.5, 0.6) is 0 Å². The van der Waals surface area contributed by atoms with Crippen LogP contribution in [-0.2, 0) is 9.53 Å². The first-order chi connectivity index (χ1) is 15.7. The zero-order valence-electron chi connectivity index (χ0n) is 19.3. The largest absolute Gasteiger partial charge is 0.379 e. The van der Waals surface area contributed by atoms with E-state index in [1.165, 1.54) is 6.07 Å². The number of morpholine rings is 1. The highest BCUT2D eigenvalue weighted by molar-refractivity contribution is 5.79. The second-order valence-corrected chi connectivity index (χ2v) is 8.41. The van der Waals surface area contributed by atoms with Gasteiger partial charge < -0.3 is 20.3 Å². The molecule has 0 bridgehead atoms. The molecule has 2 aliphatic heterocycles. The molecule has 0 aromatic heterocycles. The summed E-state index contributed by atoms with van der Waals surface area (Å²) in [5.74, 6) is 0.814. The van der Waals surface area contributed by atoms with Crippen LogP contribution in [-0.4, -0.2) is 80.7 Å². The van der Waals surface area contributed by atoms with Crippen LogP contribution in [0, 0.1) is 5.82 Å². The van der Waals surface area contributed by atoms with Crippen molar-refractivity contribution in [3.05, 3.63) is 35.6 Å². The van der Waals surface area contributed by atoms with Gasteiger partial charge in [0.1, 0.15) is 5.82 Å². The average Bonchev–Trinajstić information content (AvgIpc) is 3.01. The van der Waals surface area contributed by atoms with Crippen molar-refractivity contribution >= 4 is 11.9 Å². The van der Waals surface area contributed by atoms with Gasteiger partial charge in [-0.3, -0.25) is 14.7 Å². The highest BCUT2D eigenvalue weighted by atomic mass is 19.1. The molecular weight excluding hydrogens is 409 g/mol. The Labute approximate surface area is 191 Å². The third-order valence-electron chi connectivity index (χ3n) is 6.06. The second kappa shape index (κ2) is 13.4. The van der Waals surface area contributed by atoms with E-state index < -0.39 is 0 Å². The lowest BCUT2D eigenvalue weighted by Gasteiger charge is -2.34. The van der Waals surface area contributed by atoms with E-state index in [-0.39, 0.29) is 17.8 Å². The van der Waals surface area contributed by atoms with Crippen molar-refractivity contribution in [2.75, 3.05) is 59.0 Å². The minimum Gasteiger partial charge on any atom is -0.379 e. The van der Waals surface area contributed by atoms with E-state index >= 15 is 0 Å². The van der Waals surface area contributed by atoms with Crippen molar-refractivity contribution in [3.8, 4) is 0 Å². The Balaban J connectivity index is 1.57. The third kappa shape index (κ3) is 7.74. The molecule has 2 saturated heterocycles. The fraction of sp³-hybridized carbons (Fsp3) is 0.667. The predicted octanol–water partition coefficient (Wildman–Crippen LogP) is 2.55. The van der Waals surface area contributed by atoms with Gasteiger partial charge in [-0.1, -0.05) is 18.6 Å². The maximum absolute atomic E-state index is 13.9. The number of amides is 1. The number of hydrogen-bond acceptors (Lipinski definition) is 4. The molecule has 3 rings (SSSR count). The molecule has 2 heterocycles. The number of rotatable bonds is 9. The molecule has 2 aliphatic rings. The van der Waals surface area contributed by atoms with Gasteiger partial charge in [-0.2, -0.15) is 0 Å². The Bertz CT molecular complexity index is 739. The van der Waals surface area contributed by atoms with Crippen molar-refractivity contribution in [1.29, 1.82) is 0 Å². The van der Waals surface area contributed by atoms with Crippen molar-refractivity contribution in [2.24, 2.45) is 4.99 Å². The lowest BCUT2D eigenvalue weighted by atomic mass is 10.0. The van der Waals surface area contributed by atoms with Gasteiger partial charge in [0, 0.05) is 45.7 Å². The molecular formula is C24H38FN5O2. The summed E-state index contributed by atoms with van der Waals surface area (Å²) in [6.07, 6.45) is 4.83. The zero-order chi connectivity index (χ0) is 22.6. The quantitative estimate of drug-likeness (QED) is 0.346. The SMILES string of the molecule is CCNC(=NCC(c1cccc(F)c1)N1CCOCC1)NCCCN1CCCCCC1=O. The topological polar surface area (TPSA) is 69.2 Å². The Morgan fingerprint density at radius 1 is 1.19 bits per heavy atom. The molecule has 1 amide bonds. The van der Waals surface area contributed by atoms with Gasteiger partial charge in [-0.25, -0.2) is 4.39 Å². The molecule has 1 atom stereocenters. The van der Waals surface area contributed by atoms with E-state index in [0.717, 1.165) is 76.5 Å². The lowest BCUT2D eigenvalue weighted by molar-refractivity contribution is -0.130. The van der Waals surface area contributed by atoms with E-state index in [9.17, 15) is 9.18 Å². The van der Waals surface area contributed by atoms with Gasteiger partial charge in [0.05, 0.1) is 25.8 Å². The standard InChI is InChI=1S/C24H38FN5O2/c1-2-26-24(27-11-7-13-30-12-5-3-4-10-23(30)31)28-19-22(29-14-16-32-17-15-29)20-8-6-9-21(25)18-20/h6,8-9,18,22H,2-5,7,10-17,19H2,1H3,(H2,26,27,28). The highest BCUT2D eigenvalue weighted by Crippen LogP contribution is 2.23. The molecule has 7 nitrogen and oxygen atoms in total. The summed E-state index contributed by atoms with van der Waals surface area (Å²) in [5.41, 5.74) is 0.936. The van der Waals surface area contributed by atoms with Crippen LogP contribution in [0.2, 0.25) is 0 Å². The molecule has 32 heavy (non-hydrogen) atoms. The van der Waals surface area contributed by atoms with E-state index in [1.807, 2.05) is 17.9 Å². The monoisotopic (exact) mass is 447 g/mol. The normalized spacial score (nSPS) is 19.5. The number of carbonyl (C=O) groups is 1. The third-order valence-corrected chi connectivity index (χ3v) is 6.06. The van der Waals surface area contributed by atoms with Crippen molar-refractivity contribution in [3.63, 3.8) is 0 Å². The lowest BCUT2D eigenvalue weighted by Crippen LogP contribution is -2.42. The Kier molecular flexibility index (Phi) is 10.2. The van der Waals surface area contributed by atoms with E-state index in [2.05, 4.69) is 15.5 Å². The van der Waals surface area contributed by atoms with Gasteiger partial charge in [0.2, 0.25) is 5.91 Å². The van der Waals surface area contributed by atoms with Gasteiger partial charge in [-0.15, -0.1) is 0 Å². The van der Waals surface area contributed by atoms with Crippen molar-refractivity contribution in [2.45, 2.75) is 45.1 Å². The summed E-state index contributed by atoms with van der Waals surface area (Å²) in [5, 5.41) is 6.70. The minimum absolute atomic E-state index is 0.000206. The molecule has 1 aromatic rings. The Hall–Kier alpha value is -2.19. The number of nitrogens with one attached hydrogen (secondary N) is 2. The first-order valence-corrected chi connectivity index (χ1v) is 12.0. The number of halogens is 1. The van der Waals surface area contributed by atoms with Gasteiger partial charge in [0.15, 0.2) is 5.96 Å². The predicted molar refractivity (Wildman–Crippen MR) is 125 cm³/mol. The van der Waals surface area contributed by atoms with E-state index in [1.54, 1.807) is 12.1 Å². The van der Waals surface area contributed by atoms with Crippen LogP contribution in [0.4, 0.5) is 4.39 Å². The molecule has 0 aliphatic carbocycles. The Morgan fingerprint density at radius 2 is 2.03 bits per heavy atom. The summed E-state index contributed by atoms with van der Waals surface area (Å²) in [7, 11) is 0. The summed E-state index contributed by atoms with van der Waals surface area (Å²) < 4.78 is 19.4. The van der Waals surface area contributed by atoms with Gasteiger partial charge in [-0.05, 0) is 43.9 Å². The zero-order valence-corrected chi connectivity index (χ0v) is 19.3. The highest BCUT2D eigenvalue weighted by Gasteiger charge is 2.23. The first-order valence-electron chi connectivity index (χ1n) is 12.0. The fourth-order valence-corrected chi connectivity index (χ4v) is 4.31. The maximum atomic E-state index is 13.9. The summed E-state index contributed by atoms with van der Waals surface area (Å²) in [4.78, 5) is 21.3. The molecule has 1 aromatic carbocycles. The molecule has 2 N–H and O–H groups in total. The van der Waals surface area contributed by atoms with Crippen LogP contribution in [0.1, 0.15) is 50.6 Å². The first kappa shape index (κ1) is 24.5. The summed E-state index contributed by atoms with van der Waals surface area (Å²) >= 11 is 0. The fourth-order valence-electron chi connectivity index (χ4n) is 4.31. The van der Waals surface area contributed by atoms with Crippen LogP contribution >= 0.6 is 0 Å². The minimum atomic E-state index is -0.224. The van der Waals surface area contributed by atoms with Crippen LogP contribution < -0.4 is 10.6 Å². The van der Waals surface area contributed by atoms with E-state index in [0.29, 0.717) is 26.2 Å². The number of aliphatic imine (C=N–C) groups is 1. The van der Waals surface area contributed by atoms with Crippen LogP contribution in [0.15, 0.2) is 29.3 Å². The van der Waals surface area contributed by atoms with Gasteiger partial charge >= 0.3 is 0 Å². The number of likely N-dealkylation sites (tertiary alicyclic amines) is 1. The Morgan fingerprint density at radius 3 is 2.81 bits per heavy atom. The molecule has 0 saturated carbocycles. The summed E-state index contributed by atoms with van der Waals surface area (Å²) in [6, 6.07) is 6.81. The van der Waals surface area contributed by atoms with Gasteiger partial charge in [0.25, 0.3) is 0 Å². The van der Waals surface area contributed by atoms with Crippen LogP contribution in [0.25, 0.3) is 0 Å². The maximum Gasteiger partial charge on any atom is 0.222 e. The number of ether oxygens (including phenoxy) is 1. The second-order valence-electron chi connectivity index (χ2n) is 8.41. The number of nitrogens with zero attached hydrogens (tertiary/aromatic N) is 3. The molecule has 0 spiro atoms. The molecule has 1 unspecified atom stereocenters. The molecule has 0 radical (unpaired) electrons. The van der Waals surface area contributed by atoms with Crippen molar-refractivity contribution in [1.82, 2.24) is 20.4 Å². The average molecular weight is 448 g/mol. The smallest absolute Gasteiger partial charge is 0.222 e. The number of carbonyl (C=O) groups excluding carboxylic acids is 1. The number of hydrogen-bond donors (Lipinski definition) is 2. The molecule has 178 valence electrons. The van der Waals surface area contributed by atoms with Crippen molar-refractivity contribution < 1.29 is 13.9 Å². The van der Waals surface area contributed by atoms with E-state index in [4.69, 9.17) is 9.73 Å². The molecule has 8 heteroatoms. The summed E-state index contributed by atoms with van der Waals surface area (Å²) in [6.45, 7) is 8.73. The number of benzene rings is 1. The number of guanidine groups is 1. The van der Waals surface area contributed by atoms with Crippen LogP contribution in [0.3, 0.4) is 0 Å².